The molecule has 0 aliphatic carbocycles. The Balaban J connectivity index is 2.86. The number of carbonyl (C=O) groups is 1. The maximum Gasteiger partial charge on any atom is 0.285 e. The molecule has 1 rings (SSSR count). The molecule has 116 valence electrons. The van der Waals surface area contributed by atoms with E-state index in [1.54, 1.807) is 7.05 Å². The molecule has 0 bridgehead atoms. The highest BCUT2D eigenvalue weighted by atomic mass is 16.6. The van der Waals surface area contributed by atoms with Crippen LogP contribution in [0.4, 0.5) is 5.69 Å². The van der Waals surface area contributed by atoms with Gasteiger partial charge in [-0.15, -0.1) is 0 Å². The van der Waals surface area contributed by atoms with Gasteiger partial charge < -0.3 is 10.6 Å². The van der Waals surface area contributed by atoms with Crippen LogP contribution in [0.1, 0.15) is 13.8 Å². The summed E-state index contributed by atoms with van der Waals surface area (Å²) in [5.41, 5.74) is 4.69. The van der Waals surface area contributed by atoms with Crippen molar-refractivity contribution in [1.82, 2.24) is 9.47 Å². The predicted molar refractivity (Wildman–Crippen MR) is 77.8 cm³/mol. The molecule has 2 N–H and O–H groups in total. The van der Waals surface area contributed by atoms with Crippen LogP contribution in [0.5, 0.6) is 0 Å². The van der Waals surface area contributed by atoms with Crippen LogP contribution < -0.4 is 11.3 Å². The molecule has 0 radical (unpaired) electrons. The highest BCUT2D eigenvalue weighted by molar-refractivity contribution is 5.75. The monoisotopic (exact) mass is 296 g/mol. The molecular weight excluding hydrogens is 276 g/mol. The Hall–Kier alpha value is -2.22. The van der Waals surface area contributed by atoms with E-state index in [0.717, 1.165) is 22.9 Å². The number of likely N-dealkylation sites (N-methyl/N-ethyl adjacent to an activating group) is 1. The van der Waals surface area contributed by atoms with Gasteiger partial charge in [0, 0.05) is 25.7 Å². The van der Waals surface area contributed by atoms with Gasteiger partial charge in [-0.1, -0.05) is 13.8 Å². The van der Waals surface area contributed by atoms with E-state index in [9.17, 15) is 19.7 Å². The first kappa shape index (κ1) is 16.8. The number of nitrogens with two attached hydrogens (primary N) is 1. The molecule has 1 aromatic rings. The molecule has 0 atom stereocenters. The van der Waals surface area contributed by atoms with Gasteiger partial charge in [0.1, 0.15) is 6.54 Å². The molecular formula is C13H20N4O4. The van der Waals surface area contributed by atoms with E-state index < -0.39 is 10.5 Å². The second-order valence-electron chi connectivity index (χ2n) is 5.73. The second-order valence-corrected chi connectivity index (χ2v) is 5.73. The Morgan fingerprint density at radius 1 is 1.48 bits per heavy atom. The topological polar surface area (TPSA) is 111 Å². The lowest BCUT2D eigenvalue weighted by Gasteiger charge is -2.29. The molecule has 8 nitrogen and oxygen atoms in total. The molecule has 0 fully saturated rings. The van der Waals surface area contributed by atoms with Crippen LogP contribution in [0.2, 0.25) is 0 Å². The molecule has 0 aliphatic rings. The summed E-state index contributed by atoms with van der Waals surface area (Å²) in [5.74, 6) is -0.306. The van der Waals surface area contributed by atoms with Crippen LogP contribution in [0.25, 0.3) is 0 Å². The van der Waals surface area contributed by atoms with E-state index in [1.165, 1.54) is 4.90 Å². The van der Waals surface area contributed by atoms with Crippen LogP contribution in [0, 0.1) is 15.5 Å². The number of aromatic nitrogens is 1. The van der Waals surface area contributed by atoms with Gasteiger partial charge in [-0.05, 0) is 12.0 Å². The first-order valence-electron chi connectivity index (χ1n) is 6.45. The normalized spacial score (nSPS) is 11.2. The smallest absolute Gasteiger partial charge is 0.285 e. The minimum absolute atomic E-state index is 0.229. The van der Waals surface area contributed by atoms with E-state index >= 15 is 0 Å². The van der Waals surface area contributed by atoms with Crippen LogP contribution in [0.15, 0.2) is 23.1 Å². The Morgan fingerprint density at radius 3 is 2.62 bits per heavy atom. The molecule has 21 heavy (non-hydrogen) atoms. The average molecular weight is 296 g/mol. The van der Waals surface area contributed by atoms with E-state index in [1.807, 2.05) is 13.8 Å². The summed E-state index contributed by atoms with van der Waals surface area (Å²) in [6, 6.07) is 2.19. The summed E-state index contributed by atoms with van der Waals surface area (Å²) in [7, 11) is 1.61. The fourth-order valence-electron chi connectivity index (χ4n) is 1.81. The van der Waals surface area contributed by atoms with Crippen molar-refractivity contribution in [2.45, 2.75) is 20.4 Å². The summed E-state index contributed by atoms with van der Waals surface area (Å²) >= 11 is 0. The number of amides is 1. The molecule has 0 aromatic carbocycles. The van der Waals surface area contributed by atoms with E-state index in [2.05, 4.69) is 0 Å². The zero-order valence-corrected chi connectivity index (χ0v) is 12.4. The van der Waals surface area contributed by atoms with E-state index in [4.69, 9.17) is 5.73 Å². The minimum atomic E-state index is -0.609. The molecule has 0 saturated carbocycles. The number of hydrogen-bond acceptors (Lipinski definition) is 5. The minimum Gasteiger partial charge on any atom is -0.344 e. The van der Waals surface area contributed by atoms with Crippen LogP contribution >= 0.6 is 0 Å². The Kier molecular flexibility index (Phi) is 5.20. The van der Waals surface area contributed by atoms with Crippen LogP contribution in [-0.4, -0.2) is 40.4 Å². The highest BCUT2D eigenvalue weighted by Crippen LogP contribution is 2.14. The number of hydrogen-bond donors (Lipinski definition) is 1. The molecule has 1 aromatic heterocycles. The third kappa shape index (κ3) is 4.67. The first-order chi connectivity index (χ1) is 9.66. The third-order valence-corrected chi connectivity index (χ3v) is 3.13. The summed E-state index contributed by atoms with van der Waals surface area (Å²) < 4.78 is 1.03. The van der Waals surface area contributed by atoms with Crippen molar-refractivity contribution in [2.75, 3.05) is 20.1 Å². The SMILES string of the molecule is CN(CC(C)(C)CN)C(=O)Cn1cc([N+](=O)[O-])ccc1=O. The number of nitrogens with zero attached hydrogens (tertiary/aromatic N) is 3. The number of nitro groups is 1. The maximum atomic E-state index is 12.1. The number of pyridine rings is 1. The lowest BCUT2D eigenvalue weighted by molar-refractivity contribution is -0.385. The zero-order chi connectivity index (χ0) is 16.2. The molecule has 0 spiro atoms. The number of rotatable bonds is 6. The van der Waals surface area contributed by atoms with Gasteiger partial charge in [-0.3, -0.25) is 24.3 Å². The van der Waals surface area contributed by atoms with Crippen molar-refractivity contribution in [3.8, 4) is 0 Å². The Labute approximate surface area is 122 Å². The summed E-state index contributed by atoms with van der Waals surface area (Å²) in [6.07, 6.45) is 1.07. The fraction of sp³-hybridized carbons (Fsp3) is 0.538. The van der Waals surface area contributed by atoms with Gasteiger partial charge in [0.2, 0.25) is 5.91 Å². The highest BCUT2D eigenvalue weighted by Gasteiger charge is 2.21. The fourth-order valence-corrected chi connectivity index (χ4v) is 1.81. The Morgan fingerprint density at radius 2 is 2.10 bits per heavy atom. The predicted octanol–water partition coefficient (Wildman–Crippen LogP) is 0.200. The van der Waals surface area contributed by atoms with Crippen molar-refractivity contribution in [3.63, 3.8) is 0 Å². The standard InChI is InChI=1S/C13H20N4O4/c1-13(2,8-14)9-15(3)12(19)7-16-6-10(17(20)21)4-5-11(16)18/h4-6H,7-9,14H2,1-3H3. The molecule has 0 unspecified atom stereocenters. The van der Waals surface area contributed by atoms with E-state index in [-0.39, 0.29) is 23.6 Å². The van der Waals surface area contributed by atoms with Gasteiger partial charge in [0.15, 0.2) is 0 Å². The maximum absolute atomic E-state index is 12.1. The third-order valence-electron chi connectivity index (χ3n) is 3.13. The van der Waals surface area contributed by atoms with Crippen LogP contribution in [-0.2, 0) is 11.3 Å². The summed E-state index contributed by atoms with van der Waals surface area (Å²) in [5, 5.41) is 10.7. The lowest BCUT2D eigenvalue weighted by Crippen LogP contribution is -2.41. The van der Waals surface area contributed by atoms with Gasteiger partial charge in [-0.2, -0.15) is 0 Å². The van der Waals surface area contributed by atoms with Crippen molar-refractivity contribution >= 4 is 11.6 Å². The average Bonchev–Trinajstić information content (AvgIpc) is 2.40. The van der Waals surface area contributed by atoms with Crippen molar-refractivity contribution in [2.24, 2.45) is 11.1 Å². The molecule has 0 aliphatic heterocycles. The second kappa shape index (κ2) is 6.49. The van der Waals surface area contributed by atoms with Crippen molar-refractivity contribution in [3.05, 3.63) is 38.8 Å². The first-order valence-corrected chi connectivity index (χ1v) is 6.45. The van der Waals surface area contributed by atoms with E-state index in [0.29, 0.717) is 13.1 Å². The van der Waals surface area contributed by atoms with Crippen molar-refractivity contribution < 1.29 is 9.72 Å². The molecule has 0 saturated heterocycles. The largest absolute Gasteiger partial charge is 0.344 e. The summed E-state index contributed by atoms with van der Waals surface area (Å²) in [6.45, 7) is 4.47. The number of carbonyl (C=O) groups excluding carboxylic acids is 1. The summed E-state index contributed by atoms with van der Waals surface area (Å²) in [4.78, 5) is 35.3. The lowest BCUT2D eigenvalue weighted by atomic mass is 9.93. The van der Waals surface area contributed by atoms with Gasteiger partial charge in [0.05, 0.1) is 11.1 Å². The van der Waals surface area contributed by atoms with Gasteiger partial charge >= 0.3 is 0 Å². The molecule has 8 heteroatoms. The van der Waals surface area contributed by atoms with Crippen molar-refractivity contribution in [1.29, 1.82) is 0 Å². The van der Waals surface area contributed by atoms with Gasteiger partial charge in [0.25, 0.3) is 11.2 Å². The quantitative estimate of drug-likeness (QED) is 0.595. The van der Waals surface area contributed by atoms with Gasteiger partial charge in [-0.25, -0.2) is 0 Å². The Bertz CT molecular complexity index is 594. The zero-order valence-electron chi connectivity index (χ0n) is 12.4. The molecule has 1 heterocycles. The molecule has 1 amide bonds. The van der Waals surface area contributed by atoms with Crippen LogP contribution in [0.3, 0.4) is 0 Å².